The molecule has 0 radical (unpaired) electrons. The fourth-order valence-electron chi connectivity index (χ4n) is 1.43. The lowest BCUT2D eigenvalue weighted by Gasteiger charge is -2.20. The molecule has 0 fully saturated rings. The summed E-state index contributed by atoms with van der Waals surface area (Å²) in [6, 6.07) is 0. The van der Waals surface area contributed by atoms with Gasteiger partial charge in [-0.3, -0.25) is 4.79 Å². The van der Waals surface area contributed by atoms with Crippen molar-refractivity contribution in [2.75, 3.05) is 33.4 Å². The number of methoxy groups -OCH3 is 1. The Bertz CT molecular complexity index is 195. The van der Waals surface area contributed by atoms with Gasteiger partial charge in [-0.15, -0.1) is 6.58 Å². The third-order valence-electron chi connectivity index (χ3n) is 2.36. The molecule has 0 saturated heterocycles. The standard InChI is InChI=1S/C12H24N2O2/c1-3-9-14(10-11-16-2)12(15)7-5-4-6-8-13/h3H,1,4-11,13H2,2H3. The first-order chi connectivity index (χ1) is 7.76. The van der Waals surface area contributed by atoms with Crippen LogP contribution < -0.4 is 5.73 Å². The molecular weight excluding hydrogens is 204 g/mol. The molecule has 0 unspecified atom stereocenters. The smallest absolute Gasteiger partial charge is 0.222 e. The number of rotatable bonds is 10. The average molecular weight is 228 g/mol. The van der Waals surface area contributed by atoms with Gasteiger partial charge in [0.15, 0.2) is 0 Å². The van der Waals surface area contributed by atoms with E-state index in [0.717, 1.165) is 19.3 Å². The summed E-state index contributed by atoms with van der Waals surface area (Å²) in [4.78, 5) is 13.6. The Hall–Kier alpha value is -0.870. The molecule has 0 heterocycles. The maximum Gasteiger partial charge on any atom is 0.222 e. The van der Waals surface area contributed by atoms with Crippen molar-refractivity contribution in [2.45, 2.75) is 25.7 Å². The molecule has 94 valence electrons. The van der Waals surface area contributed by atoms with Crippen LogP contribution in [0.4, 0.5) is 0 Å². The molecule has 0 aliphatic rings. The summed E-state index contributed by atoms with van der Waals surface area (Å²) in [6.07, 6.45) is 5.27. The summed E-state index contributed by atoms with van der Waals surface area (Å²) >= 11 is 0. The van der Waals surface area contributed by atoms with Gasteiger partial charge in [-0.1, -0.05) is 12.5 Å². The van der Waals surface area contributed by atoms with Gasteiger partial charge in [-0.05, 0) is 19.4 Å². The summed E-state index contributed by atoms with van der Waals surface area (Å²) < 4.78 is 4.97. The van der Waals surface area contributed by atoms with Crippen molar-refractivity contribution >= 4 is 5.91 Å². The second kappa shape index (κ2) is 10.6. The van der Waals surface area contributed by atoms with E-state index in [9.17, 15) is 4.79 Å². The van der Waals surface area contributed by atoms with Crippen molar-refractivity contribution in [2.24, 2.45) is 5.73 Å². The Morgan fingerprint density at radius 2 is 2.19 bits per heavy atom. The van der Waals surface area contributed by atoms with Crippen molar-refractivity contribution in [1.29, 1.82) is 0 Å². The lowest BCUT2D eigenvalue weighted by molar-refractivity contribution is -0.131. The number of amides is 1. The molecule has 0 atom stereocenters. The number of nitrogens with two attached hydrogens (primary N) is 1. The van der Waals surface area contributed by atoms with Gasteiger partial charge < -0.3 is 15.4 Å². The number of nitrogens with zero attached hydrogens (tertiary/aromatic N) is 1. The molecule has 0 aromatic carbocycles. The normalized spacial score (nSPS) is 10.1. The number of hydrogen-bond acceptors (Lipinski definition) is 3. The summed E-state index contributed by atoms with van der Waals surface area (Å²) in [5.74, 6) is 0.175. The Balaban J connectivity index is 3.81. The molecule has 0 saturated carbocycles. The molecule has 0 rings (SSSR count). The molecule has 2 N–H and O–H groups in total. The lowest BCUT2D eigenvalue weighted by atomic mass is 10.2. The van der Waals surface area contributed by atoms with Crippen LogP contribution in [0.2, 0.25) is 0 Å². The van der Waals surface area contributed by atoms with E-state index in [1.807, 2.05) is 0 Å². The van der Waals surface area contributed by atoms with Gasteiger partial charge in [-0.2, -0.15) is 0 Å². The van der Waals surface area contributed by atoms with Crippen molar-refractivity contribution in [3.8, 4) is 0 Å². The third-order valence-corrected chi connectivity index (χ3v) is 2.36. The number of unbranched alkanes of at least 4 members (excludes halogenated alkanes) is 2. The third kappa shape index (κ3) is 7.43. The van der Waals surface area contributed by atoms with E-state index in [0.29, 0.717) is 32.7 Å². The van der Waals surface area contributed by atoms with Crippen LogP contribution in [0, 0.1) is 0 Å². The van der Waals surface area contributed by atoms with Crippen LogP contribution in [-0.2, 0) is 9.53 Å². The van der Waals surface area contributed by atoms with Crippen molar-refractivity contribution in [3.63, 3.8) is 0 Å². The summed E-state index contributed by atoms with van der Waals surface area (Å²) in [5.41, 5.74) is 5.39. The first kappa shape index (κ1) is 15.1. The second-order valence-electron chi connectivity index (χ2n) is 3.72. The zero-order valence-corrected chi connectivity index (χ0v) is 10.3. The predicted molar refractivity (Wildman–Crippen MR) is 66.2 cm³/mol. The van der Waals surface area contributed by atoms with Crippen LogP contribution in [0.25, 0.3) is 0 Å². The van der Waals surface area contributed by atoms with E-state index in [1.165, 1.54) is 0 Å². The van der Waals surface area contributed by atoms with Crippen LogP contribution in [-0.4, -0.2) is 44.2 Å². The van der Waals surface area contributed by atoms with Crippen LogP contribution >= 0.6 is 0 Å². The van der Waals surface area contributed by atoms with E-state index in [2.05, 4.69) is 6.58 Å². The van der Waals surface area contributed by atoms with E-state index in [4.69, 9.17) is 10.5 Å². The van der Waals surface area contributed by atoms with Crippen LogP contribution in [0.3, 0.4) is 0 Å². The highest BCUT2D eigenvalue weighted by Gasteiger charge is 2.10. The Labute approximate surface area is 98.4 Å². The highest BCUT2D eigenvalue weighted by atomic mass is 16.5. The molecule has 16 heavy (non-hydrogen) atoms. The second-order valence-corrected chi connectivity index (χ2v) is 3.72. The maximum absolute atomic E-state index is 11.8. The molecule has 0 aliphatic heterocycles. The highest BCUT2D eigenvalue weighted by Crippen LogP contribution is 2.03. The molecule has 4 nitrogen and oxygen atoms in total. The highest BCUT2D eigenvalue weighted by molar-refractivity contribution is 5.76. The van der Waals surface area contributed by atoms with Gasteiger partial charge in [0.1, 0.15) is 0 Å². The largest absolute Gasteiger partial charge is 0.383 e. The molecule has 0 spiro atoms. The van der Waals surface area contributed by atoms with Gasteiger partial charge in [0.2, 0.25) is 5.91 Å². The quantitative estimate of drug-likeness (QED) is 0.451. The Morgan fingerprint density at radius 3 is 2.75 bits per heavy atom. The summed E-state index contributed by atoms with van der Waals surface area (Å²) in [7, 11) is 1.64. The number of carbonyl (C=O) groups excluding carboxylic acids is 1. The first-order valence-electron chi connectivity index (χ1n) is 5.84. The molecule has 0 bridgehead atoms. The average Bonchev–Trinajstić information content (AvgIpc) is 2.29. The van der Waals surface area contributed by atoms with E-state index >= 15 is 0 Å². The van der Waals surface area contributed by atoms with Crippen LogP contribution in [0.5, 0.6) is 0 Å². The minimum atomic E-state index is 0.175. The van der Waals surface area contributed by atoms with Gasteiger partial charge in [0.25, 0.3) is 0 Å². The molecule has 0 aliphatic carbocycles. The zero-order valence-electron chi connectivity index (χ0n) is 10.3. The number of ether oxygens (including phenoxy) is 1. The maximum atomic E-state index is 11.8. The van der Waals surface area contributed by atoms with E-state index in [-0.39, 0.29) is 5.91 Å². The number of carbonyl (C=O) groups is 1. The first-order valence-corrected chi connectivity index (χ1v) is 5.84. The summed E-state index contributed by atoms with van der Waals surface area (Å²) in [5, 5.41) is 0. The summed E-state index contributed by atoms with van der Waals surface area (Å²) in [6.45, 7) is 6.16. The van der Waals surface area contributed by atoms with Crippen LogP contribution in [0.15, 0.2) is 12.7 Å². The molecule has 4 heteroatoms. The molecular formula is C12H24N2O2. The van der Waals surface area contributed by atoms with Gasteiger partial charge in [-0.25, -0.2) is 0 Å². The van der Waals surface area contributed by atoms with Crippen molar-refractivity contribution in [3.05, 3.63) is 12.7 Å². The lowest BCUT2D eigenvalue weighted by Crippen LogP contribution is -2.33. The van der Waals surface area contributed by atoms with Crippen molar-refractivity contribution < 1.29 is 9.53 Å². The zero-order chi connectivity index (χ0) is 12.2. The fourth-order valence-corrected chi connectivity index (χ4v) is 1.43. The molecule has 1 amide bonds. The Kier molecular flexibility index (Phi) is 10.1. The fraction of sp³-hybridized carbons (Fsp3) is 0.750. The minimum Gasteiger partial charge on any atom is -0.383 e. The van der Waals surface area contributed by atoms with E-state index < -0.39 is 0 Å². The van der Waals surface area contributed by atoms with Crippen molar-refractivity contribution in [1.82, 2.24) is 4.90 Å². The van der Waals surface area contributed by atoms with Gasteiger partial charge >= 0.3 is 0 Å². The van der Waals surface area contributed by atoms with Crippen LogP contribution in [0.1, 0.15) is 25.7 Å². The SMILES string of the molecule is C=CCN(CCOC)C(=O)CCCCCN. The topological polar surface area (TPSA) is 55.6 Å². The molecule has 0 aromatic rings. The Morgan fingerprint density at radius 1 is 1.44 bits per heavy atom. The van der Waals surface area contributed by atoms with Gasteiger partial charge in [0, 0.05) is 26.6 Å². The minimum absolute atomic E-state index is 0.175. The monoisotopic (exact) mass is 228 g/mol. The van der Waals surface area contributed by atoms with Gasteiger partial charge in [0.05, 0.1) is 6.61 Å². The molecule has 0 aromatic heterocycles. The number of hydrogen-bond donors (Lipinski definition) is 1. The predicted octanol–water partition coefficient (Wildman–Crippen LogP) is 1.17. The van der Waals surface area contributed by atoms with E-state index in [1.54, 1.807) is 18.1 Å².